The van der Waals surface area contributed by atoms with Gasteiger partial charge in [-0.2, -0.15) is 0 Å². The zero-order valence-electron chi connectivity index (χ0n) is 24.1. The van der Waals surface area contributed by atoms with Gasteiger partial charge in [-0.05, 0) is 87.6 Å². The topological polar surface area (TPSA) is 86.8 Å². The zero-order chi connectivity index (χ0) is 29.7. The van der Waals surface area contributed by atoms with E-state index in [1.165, 1.54) is 4.90 Å². The summed E-state index contributed by atoms with van der Waals surface area (Å²) in [7, 11) is -4.12. The molecule has 2 amide bonds. The van der Waals surface area contributed by atoms with Crippen LogP contribution in [-0.4, -0.2) is 43.8 Å². The number of sulfonamides is 1. The van der Waals surface area contributed by atoms with Gasteiger partial charge in [-0.25, -0.2) is 8.42 Å². The van der Waals surface area contributed by atoms with E-state index < -0.39 is 28.5 Å². The van der Waals surface area contributed by atoms with Crippen molar-refractivity contribution in [1.82, 2.24) is 10.2 Å². The van der Waals surface area contributed by atoms with Crippen molar-refractivity contribution in [3.63, 3.8) is 0 Å². The second kappa shape index (κ2) is 13.1. The van der Waals surface area contributed by atoms with Crippen LogP contribution < -0.4 is 9.62 Å². The molecule has 1 aliphatic rings. The van der Waals surface area contributed by atoms with Crippen LogP contribution in [0.2, 0.25) is 5.02 Å². The first-order chi connectivity index (χ1) is 19.5. The van der Waals surface area contributed by atoms with Gasteiger partial charge in [0.1, 0.15) is 12.6 Å². The lowest BCUT2D eigenvalue weighted by molar-refractivity contribution is -0.139. The number of nitrogens with zero attached hydrogens (tertiary/aromatic N) is 2. The molecule has 0 bridgehead atoms. The Morgan fingerprint density at radius 3 is 2.15 bits per heavy atom. The van der Waals surface area contributed by atoms with Crippen molar-refractivity contribution in [2.24, 2.45) is 0 Å². The highest BCUT2D eigenvalue weighted by molar-refractivity contribution is 7.92. The Bertz CT molecular complexity index is 1480. The average molecular weight is 596 g/mol. The van der Waals surface area contributed by atoms with E-state index in [2.05, 4.69) is 5.32 Å². The van der Waals surface area contributed by atoms with E-state index in [-0.39, 0.29) is 23.4 Å². The Morgan fingerprint density at radius 1 is 0.927 bits per heavy atom. The molecule has 0 radical (unpaired) electrons. The molecule has 0 aliphatic heterocycles. The van der Waals surface area contributed by atoms with Crippen LogP contribution in [0.25, 0.3) is 0 Å². The van der Waals surface area contributed by atoms with Crippen LogP contribution in [0.3, 0.4) is 0 Å². The monoisotopic (exact) mass is 595 g/mol. The number of carbonyl (C=O) groups is 2. The highest BCUT2D eigenvalue weighted by atomic mass is 35.5. The summed E-state index contributed by atoms with van der Waals surface area (Å²) in [6.45, 7) is 6.90. The second-order valence-electron chi connectivity index (χ2n) is 10.9. The van der Waals surface area contributed by atoms with Crippen molar-refractivity contribution in [1.29, 1.82) is 0 Å². The van der Waals surface area contributed by atoms with Gasteiger partial charge < -0.3 is 10.2 Å². The highest BCUT2D eigenvalue weighted by Crippen LogP contribution is 2.27. The number of hydrogen-bond donors (Lipinski definition) is 1. The number of amides is 2. The van der Waals surface area contributed by atoms with Crippen LogP contribution in [0.1, 0.15) is 54.9 Å². The van der Waals surface area contributed by atoms with Gasteiger partial charge in [0.25, 0.3) is 10.0 Å². The summed E-state index contributed by atoms with van der Waals surface area (Å²) in [5, 5.41) is 3.54. The maximum Gasteiger partial charge on any atom is 0.264 e. The van der Waals surface area contributed by atoms with Crippen molar-refractivity contribution in [2.75, 3.05) is 10.8 Å². The van der Waals surface area contributed by atoms with E-state index in [4.69, 9.17) is 11.6 Å². The molecule has 1 aliphatic carbocycles. The molecule has 218 valence electrons. The minimum absolute atomic E-state index is 0.0586. The fraction of sp³-hybridized carbons (Fsp3) is 0.375. The predicted octanol–water partition coefficient (Wildman–Crippen LogP) is 5.94. The van der Waals surface area contributed by atoms with Crippen molar-refractivity contribution in [2.45, 2.75) is 76.9 Å². The van der Waals surface area contributed by atoms with Crippen LogP contribution in [0.5, 0.6) is 0 Å². The summed E-state index contributed by atoms with van der Waals surface area (Å²) in [5.74, 6) is -0.773. The fourth-order valence-electron chi connectivity index (χ4n) is 5.25. The van der Waals surface area contributed by atoms with Crippen LogP contribution in [0.4, 0.5) is 5.69 Å². The molecule has 1 fully saturated rings. The van der Waals surface area contributed by atoms with Gasteiger partial charge in [-0.15, -0.1) is 0 Å². The molecular formula is C32H38ClN3O4S. The molecule has 1 N–H and O–H groups in total. The third-order valence-corrected chi connectivity index (χ3v) is 9.71. The number of hydrogen-bond acceptors (Lipinski definition) is 4. The van der Waals surface area contributed by atoms with Gasteiger partial charge in [0.2, 0.25) is 11.8 Å². The summed E-state index contributed by atoms with van der Waals surface area (Å²) < 4.78 is 29.2. The summed E-state index contributed by atoms with van der Waals surface area (Å²) in [5.41, 5.74) is 3.72. The van der Waals surface area contributed by atoms with Crippen molar-refractivity contribution >= 4 is 39.1 Å². The standard InChI is InChI=1S/C32H38ClN3O4S/c1-22-13-15-29(16-14-22)41(39,40)36(28-18-23(2)17-24(3)19-28)21-31(37)35(20-26-9-5-8-12-30(26)33)25(4)32(38)34-27-10-6-7-11-27/h5,8-9,12-19,25,27H,6-7,10-11,20-21H2,1-4H3,(H,34,38)/t25-/m1/s1. The molecule has 3 aromatic carbocycles. The predicted molar refractivity (Wildman–Crippen MR) is 163 cm³/mol. The number of rotatable bonds is 10. The Kier molecular flexibility index (Phi) is 9.76. The second-order valence-corrected chi connectivity index (χ2v) is 13.2. The van der Waals surface area contributed by atoms with Gasteiger partial charge in [0.15, 0.2) is 0 Å². The first kappa shape index (κ1) is 30.6. The van der Waals surface area contributed by atoms with Gasteiger partial charge in [-0.3, -0.25) is 13.9 Å². The lowest BCUT2D eigenvalue weighted by Gasteiger charge is -2.33. The van der Waals surface area contributed by atoms with E-state index in [0.717, 1.165) is 46.7 Å². The molecule has 3 aromatic rings. The third-order valence-electron chi connectivity index (χ3n) is 7.55. The molecule has 0 spiro atoms. The molecule has 1 saturated carbocycles. The molecule has 0 unspecified atom stereocenters. The number of nitrogens with one attached hydrogen (secondary N) is 1. The van der Waals surface area contributed by atoms with E-state index in [1.807, 2.05) is 32.9 Å². The Labute approximate surface area is 248 Å². The summed E-state index contributed by atoms with van der Waals surface area (Å²) in [4.78, 5) is 29.0. The van der Waals surface area contributed by atoms with Gasteiger partial charge in [0.05, 0.1) is 10.6 Å². The Morgan fingerprint density at radius 2 is 1.54 bits per heavy atom. The van der Waals surface area contributed by atoms with Crippen LogP contribution in [0, 0.1) is 20.8 Å². The van der Waals surface area contributed by atoms with Gasteiger partial charge in [0, 0.05) is 17.6 Å². The Hall–Kier alpha value is -3.36. The molecule has 41 heavy (non-hydrogen) atoms. The smallest absolute Gasteiger partial charge is 0.264 e. The lowest BCUT2D eigenvalue weighted by Crippen LogP contribution is -2.52. The zero-order valence-corrected chi connectivity index (χ0v) is 25.6. The number of anilines is 1. The summed E-state index contributed by atoms with van der Waals surface area (Å²) in [6, 6.07) is 18.4. The first-order valence-electron chi connectivity index (χ1n) is 14.0. The maximum absolute atomic E-state index is 14.1. The van der Waals surface area contributed by atoms with Crippen molar-refractivity contribution in [3.05, 3.63) is 94.0 Å². The van der Waals surface area contributed by atoms with Crippen LogP contribution in [0.15, 0.2) is 71.6 Å². The fourth-order valence-corrected chi connectivity index (χ4v) is 6.84. The minimum Gasteiger partial charge on any atom is -0.352 e. The minimum atomic E-state index is -4.12. The SMILES string of the molecule is Cc1ccc(S(=O)(=O)N(CC(=O)N(Cc2ccccc2Cl)[C@H](C)C(=O)NC2CCCC2)c2cc(C)cc(C)c2)cc1. The molecule has 9 heteroatoms. The number of carbonyl (C=O) groups excluding carboxylic acids is 2. The van der Waals surface area contributed by atoms with E-state index >= 15 is 0 Å². The van der Waals surface area contributed by atoms with E-state index in [1.54, 1.807) is 61.5 Å². The number of halogens is 1. The molecule has 0 aromatic heterocycles. The Balaban J connectivity index is 1.72. The summed E-state index contributed by atoms with van der Waals surface area (Å²) in [6.07, 6.45) is 3.94. The number of aryl methyl sites for hydroxylation is 3. The van der Waals surface area contributed by atoms with E-state index in [0.29, 0.717) is 16.3 Å². The van der Waals surface area contributed by atoms with Crippen molar-refractivity contribution < 1.29 is 18.0 Å². The molecule has 7 nitrogen and oxygen atoms in total. The van der Waals surface area contributed by atoms with Crippen molar-refractivity contribution in [3.8, 4) is 0 Å². The van der Waals surface area contributed by atoms with Crippen LogP contribution in [-0.2, 0) is 26.2 Å². The molecule has 0 heterocycles. The quantitative estimate of drug-likeness (QED) is 0.314. The van der Waals surface area contributed by atoms with E-state index in [9.17, 15) is 18.0 Å². The summed E-state index contributed by atoms with van der Waals surface area (Å²) >= 11 is 6.45. The van der Waals surface area contributed by atoms with Crippen LogP contribution >= 0.6 is 11.6 Å². The molecule has 4 rings (SSSR count). The molecule has 0 saturated heterocycles. The first-order valence-corrected chi connectivity index (χ1v) is 15.8. The lowest BCUT2D eigenvalue weighted by atomic mass is 10.1. The maximum atomic E-state index is 14.1. The van der Waals surface area contributed by atoms with Gasteiger partial charge >= 0.3 is 0 Å². The largest absolute Gasteiger partial charge is 0.352 e. The third kappa shape index (κ3) is 7.49. The molecular weight excluding hydrogens is 558 g/mol. The average Bonchev–Trinajstić information content (AvgIpc) is 3.43. The number of benzene rings is 3. The molecule has 1 atom stereocenters. The normalized spacial score (nSPS) is 14.5. The van der Waals surface area contributed by atoms with Gasteiger partial charge in [-0.1, -0.05) is 66.4 Å². The highest BCUT2D eigenvalue weighted by Gasteiger charge is 2.33.